The molecule has 0 saturated heterocycles. The Bertz CT molecular complexity index is 120. The Morgan fingerprint density at radius 2 is 1.53 bits per heavy atom. The van der Waals surface area contributed by atoms with Crippen LogP contribution in [0, 0.1) is 0 Å². The van der Waals surface area contributed by atoms with Crippen molar-refractivity contribution in [3.63, 3.8) is 0 Å². The van der Waals surface area contributed by atoms with Crippen molar-refractivity contribution in [3.8, 4) is 0 Å². The summed E-state index contributed by atoms with van der Waals surface area (Å²) in [6.45, 7) is 8.17. The first-order chi connectivity index (χ1) is 7.24. The van der Waals surface area contributed by atoms with Gasteiger partial charge in [-0.05, 0) is 31.4 Å². The molecule has 0 heterocycles. The average molecular weight is 234 g/mol. The Balaban J connectivity index is 4.16. The van der Waals surface area contributed by atoms with Crippen molar-refractivity contribution in [3.05, 3.63) is 0 Å². The van der Waals surface area contributed by atoms with E-state index in [4.69, 9.17) is 14.0 Å². The van der Waals surface area contributed by atoms with E-state index in [0.29, 0.717) is 0 Å². The smallest absolute Gasteiger partial charge is 0.337 e. The molecule has 0 spiro atoms. The van der Waals surface area contributed by atoms with Gasteiger partial charge >= 0.3 is 8.56 Å². The van der Waals surface area contributed by atoms with Crippen LogP contribution in [0.5, 0.6) is 0 Å². The Hall–Kier alpha value is 0.0969. The minimum atomic E-state index is -1.99. The molecule has 1 N–H and O–H groups in total. The molecule has 0 unspecified atom stereocenters. The lowest BCUT2D eigenvalue weighted by Crippen LogP contribution is -2.42. The van der Waals surface area contributed by atoms with Crippen LogP contribution >= 0.6 is 0 Å². The zero-order chi connectivity index (χ0) is 11.6. The van der Waals surface area contributed by atoms with Crippen LogP contribution in [0.15, 0.2) is 0 Å². The molecule has 0 aromatic heterocycles. The summed E-state index contributed by atoms with van der Waals surface area (Å²) in [5, 5.41) is 8.89. The highest BCUT2D eigenvalue weighted by atomic mass is 28.4. The largest absolute Gasteiger partial charge is 0.396 e. The van der Waals surface area contributed by atoms with Crippen molar-refractivity contribution in [2.24, 2.45) is 0 Å². The van der Waals surface area contributed by atoms with Crippen molar-refractivity contribution in [1.82, 2.24) is 0 Å². The number of rotatable bonds is 10. The predicted molar refractivity (Wildman–Crippen MR) is 65.2 cm³/mol. The highest BCUT2D eigenvalue weighted by Crippen LogP contribution is 2.21. The van der Waals surface area contributed by atoms with Crippen LogP contribution < -0.4 is 0 Å². The summed E-state index contributed by atoms with van der Waals surface area (Å²) in [7, 11) is -1.99. The molecule has 15 heavy (non-hydrogen) atoms. The van der Waals surface area contributed by atoms with Crippen LogP contribution in [-0.2, 0) is 8.85 Å². The summed E-state index contributed by atoms with van der Waals surface area (Å²) in [6, 6.07) is 1.90. The fourth-order valence-electron chi connectivity index (χ4n) is 1.49. The Labute approximate surface area is 95.0 Å². The summed E-state index contributed by atoms with van der Waals surface area (Å²) in [5.41, 5.74) is 0. The summed E-state index contributed by atoms with van der Waals surface area (Å²) in [4.78, 5) is 0. The van der Waals surface area contributed by atoms with Gasteiger partial charge in [0.25, 0.3) is 0 Å². The van der Waals surface area contributed by atoms with Gasteiger partial charge < -0.3 is 14.0 Å². The van der Waals surface area contributed by atoms with Crippen LogP contribution in [0.3, 0.4) is 0 Å². The van der Waals surface area contributed by atoms with Crippen LogP contribution in [0.4, 0.5) is 0 Å². The molecule has 0 aliphatic carbocycles. The molecule has 4 heteroatoms. The van der Waals surface area contributed by atoms with Gasteiger partial charge in [-0.3, -0.25) is 0 Å². The van der Waals surface area contributed by atoms with Crippen molar-refractivity contribution in [2.75, 3.05) is 19.8 Å². The molecule has 0 fully saturated rings. The number of aliphatic hydroxyl groups is 1. The standard InChI is InChI=1S/C11H26O3Si/c1-4-9-13-15(6-3,11-7-8-12)14-10-5-2/h12H,4-11H2,1-3H3. The summed E-state index contributed by atoms with van der Waals surface area (Å²) in [6.07, 6.45) is 2.86. The van der Waals surface area contributed by atoms with Gasteiger partial charge in [-0.1, -0.05) is 20.8 Å². The van der Waals surface area contributed by atoms with E-state index in [1.165, 1.54) is 0 Å². The summed E-state index contributed by atoms with van der Waals surface area (Å²) < 4.78 is 11.9. The molecule has 0 amide bonds. The van der Waals surface area contributed by atoms with Crippen molar-refractivity contribution in [1.29, 1.82) is 0 Å². The van der Waals surface area contributed by atoms with E-state index in [-0.39, 0.29) is 6.61 Å². The third-order valence-corrected chi connectivity index (χ3v) is 6.05. The first-order valence-corrected chi connectivity index (χ1v) is 8.36. The van der Waals surface area contributed by atoms with Gasteiger partial charge in [0.05, 0.1) is 0 Å². The second kappa shape index (κ2) is 9.33. The third-order valence-electron chi connectivity index (χ3n) is 2.39. The fourth-order valence-corrected chi connectivity index (χ4v) is 4.47. The molecule has 0 atom stereocenters. The second-order valence-corrected chi connectivity index (χ2v) is 7.39. The number of hydrogen-bond acceptors (Lipinski definition) is 3. The van der Waals surface area contributed by atoms with E-state index in [9.17, 15) is 0 Å². The van der Waals surface area contributed by atoms with Gasteiger partial charge in [-0.2, -0.15) is 0 Å². The summed E-state index contributed by atoms with van der Waals surface area (Å²) in [5.74, 6) is 0. The van der Waals surface area contributed by atoms with Gasteiger partial charge in [0.1, 0.15) is 0 Å². The summed E-state index contributed by atoms with van der Waals surface area (Å²) >= 11 is 0. The molecule has 0 aromatic carbocycles. The molecule has 0 saturated carbocycles. The van der Waals surface area contributed by atoms with E-state index < -0.39 is 8.56 Å². The van der Waals surface area contributed by atoms with E-state index in [1.54, 1.807) is 0 Å². The Morgan fingerprint density at radius 1 is 1.00 bits per heavy atom. The van der Waals surface area contributed by atoms with Gasteiger partial charge in [0.15, 0.2) is 0 Å². The molecule has 0 aromatic rings. The van der Waals surface area contributed by atoms with Crippen molar-refractivity contribution < 1.29 is 14.0 Å². The zero-order valence-corrected chi connectivity index (χ0v) is 11.4. The molecule has 0 radical (unpaired) electrons. The molecule has 92 valence electrons. The van der Waals surface area contributed by atoms with Crippen molar-refractivity contribution in [2.45, 2.75) is 52.1 Å². The molecule has 0 rings (SSSR count). The number of hydrogen-bond donors (Lipinski definition) is 1. The van der Waals surface area contributed by atoms with Crippen LogP contribution in [0.2, 0.25) is 12.1 Å². The van der Waals surface area contributed by atoms with E-state index >= 15 is 0 Å². The second-order valence-electron chi connectivity index (χ2n) is 3.79. The molecule has 0 bridgehead atoms. The van der Waals surface area contributed by atoms with Crippen molar-refractivity contribution >= 4 is 8.56 Å². The third kappa shape index (κ3) is 6.30. The predicted octanol–water partition coefficient (Wildman–Crippen LogP) is 2.68. The molecule has 0 aliphatic rings. The first kappa shape index (κ1) is 15.1. The number of aliphatic hydroxyl groups excluding tert-OH is 1. The quantitative estimate of drug-likeness (QED) is 0.591. The SMILES string of the molecule is CCCO[Si](CC)(CCCO)OCCC. The van der Waals surface area contributed by atoms with E-state index in [0.717, 1.165) is 44.6 Å². The lowest BCUT2D eigenvalue weighted by Gasteiger charge is -2.29. The highest BCUT2D eigenvalue weighted by molar-refractivity contribution is 6.67. The maximum Gasteiger partial charge on any atom is 0.337 e. The molecular formula is C11H26O3Si. The van der Waals surface area contributed by atoms with Crippen LogP contribution in [-0.4, -0.2) is 33.5 Å². The Kier molecular flexibility index (Phi) is 9.39. The van der Waals surface area contributed by atoms with Gasteiger partial charge in [0.2, 0.25) is 0 Å². The monoisotopic (exact) mass is 234 g/mol. The van der Waals surface area contributed by atoms with Crippen LogP contribution in [0.25, 0.3) is 0 Å². The first-order valence-electron chi connectivity index (χ1n) is 6.13. The lowest BCUT2D eigenvalue weighted by molar-refractivity contribution is 0.164. The van der Waals surface area contributed by atoms with Gasteiger partial charge in [-0.25, -0.2) is 0 Å². The average Bonchev–Trinajstić information content (AvgIpc) is 2.29. The Morgan fingerprint density at radius 3 is 1.87 bits per heavy atom. The maximum absolute atomic E-state index is 8.89. The molecule has 3 nitrogen and oxygen atoms in total. The van der Waals surface area contributed by atoms with Gasteiger partial charge in [0, 0.05) is 19.8 Å². The van der Waals surface area contributed by atoms with Gasteiger partial charge in [-0.15, -0.1) is 0 Å². The van der Waals surface area contributed by atoms with E-state index in [1.807, 2.05) is 0 Å². The fraction of sp³-hybridized carbons (Fsp3) is 1.00. The normalized spacial score (nSPS) is 12.0. The maximum atomic E-state index is 8.89. The zero-order valence-electron chi connectivity index (χ0n) is 10.4. The highest BCUT2D eigenvalue weighted by Gasteiger charge is 2.34. The lowest BCUT2D eigenvalue weighted by atomic mass is 10.5. The minimum Gasteiger partial charge on any atom is -0.396 e. The van der Waals surface area contributed by atoms with E-state index in [2.05, 4.69) is 20.8 Å². The van der Waals surface area contributed by atoms with Crippen LogP contribution in [0.1, 0.15) is 40.0 Å². The minimum absolute atomic E-state index is 0.236. The molecular weight excluding hydrogens is 208 g/mol. The molecule has 0 aliphatic heterocycles. The topological polar surface area (TPSA) is 38.7 Å².